The molecule has 1 heterocycles. The lowest BCUT2D eigenvalue weighted by atomic mass is 10.1. The highest BCUT2D eigenvalue weighted by molar-refractivity contribution is 9.10. The van der Waals surface area contributed by atoms with Gasteiger partial charge in [0.1, 0.15) is 16.0 Å². The molecule has 0 aliphatic heterocycles. The van der Waals surface area contributed by atoms with Crippen LogP contribution in [-0.4, -0.2) is 16.4 Å². The van der Waals surface area contributed by atoms with Crippen molar-refractivity contribution in [3.8, 4) is 17.3 Å². The number of carbonyl (C=O) groups excluding carboxylic acids is 1. The summed E-state index contributed by atoms with van der Waals surface area (Å²) in [5.41, 5.74) is 0.623. The summed E-state index contributed by atoms with van der Waals surface area (Å²) < 4.78 is 13.5. The van der Waals surface area contributed by atoms with Crippen molar-refractivity contribution >= 4 is 21.8 Å². The van der Waals surface area contributed by atoms with Crippen molar-refractivity contribution in [2.75, 3.05) is 0 Å². The Labute approximate surface area is 136 Å². The molecular formula is C16H13BrFN3O. The molecule has 0 saturated heterocycles. The standard InChI is InChI=1S/C16H13BrFN3O/c1-16(2,9-19)21-15(22)11-7-13(20-14(17)8-11)10-3-5-12(18)6-4-10/h3-8H,1-2H3,(H,21,22). The lowest BCUT2D eigenvalue weighted by Gasteiger charge is -2.17. The number of nitrogens with zero attached hydrogens (tertiary/aromatic N) is 2. The van der Waals surface area contributed by atoms with Gasteiger partial charge in [0.2, 0.25) is 0 Å². The average molecular weight is 362 g/mol. The summed E-state index contributed by atoms with van der Waals surface area (Å²) in [6, 6.07) is 11.0. The van der Waals surface area contributed by atoms with Crippen molar-refractivity contribution in [2.24, 2.45) is 0 Å². The number of nitrogens with one attached hydrogen (secondary N) is 1. The molecule has 0 fully saturated rings. The number of halogens is 2. The number of nitriles is 1. The number of pyridine rings is 1. The van der Waals surface area contributed by atoms with Crippen LogP contribution in [0.2, 0.25) is 0 Å². The van der Waals surface area contributed by atoms with Gasteiger partial charge < -0.3 is 5.32 Å². The highest BCUT2D eigenvalue weighted by Crippen LogP contribution is 2.22. The number of aromatic nitrogens is 1. The van der Waals surface area contributed by atoms with E-state index >= 15 is 0 Å². The Kier molecular flexibility index (Phi) is 4.57. The SMILES string of the molecule is CC(C)(C#N)NC(=O)c1cc(Br)nc(-c2ccc(F)cc2)c1. The molecule has 22 heavy (non-hydrogen) atoms. The molecule has 0 unspecified atom stereocenters. The second kappa shape index (κ2) is 6.24. The Morgan fingerprint density at radius 2 is 1.95 bits per heavy atom. The third-order valence-electron chi connectivity index (χ3n) is 2.90. The first-order valence-corrected chi connectivity index (χ1v) is 7.27. The summed E-state index contributed by atoms with van der Waals surface area (Å²) in [5, 5.41) is 11.6. The van der Waals surface area contributed by atoms with Crippen LogP contribution >= 0.6 is 15.9 Å². The van der Waals surface area contributed by atoms with Crippen molar-refractivity contribution in [3.63, 3.8) is 0 Å². The van der Waals surface area contributed by atoms with Gasteiger partial charge in [-0.15, -0.1) is 0 Å². The highest BCUT2D eigenvalue weighted by atomic mass is 79.9. The summed E-state index contributed by atoms with van der Waals surface area (Å²) in [6.45, 7) is 3.23. The molecule has 1 aromatic carbocycles. The average Bonchev–Trinajstić information content (AvgIpc) is 2.47. The predicted octanol–water partition coefficient (Wildman–Crippen LogP) is 3.68. The van der Waals surface area contributed by atoms with E-state index in [2.05, 4.69) is 26.2 Å². The molecule has 0 bridgehead atoms. The monoisotopic (exact) mass is 361 g/mol. The van der Waals surface area contributed by atoms with Crippen molar-refractivity contribution in [3.05, 3.63) is 52.4 Å². The molecule has 2 rings (SSSR count). The van der Waals surface area contributed by atoms with E-state index in [1.807, 2.05) is 6.07 Å². The molecule has 112 valence electrons. The highest BCUT2D eigenvalue weighted by Gasteiger charge is 2.21. The van der Waals surface area contributed by atoms with Crippen LogP contribution in [0.1, 0.15) is 24.2 Å². The maximum absolute atomic E-state index is 13.0. The summed E-state index contributed by atoms with van der Waals surface area (Å²) in [7, 11) is 0. The summed E-state index contributed by atoms with van der Waals surface area (Å²) in [6.07, 6.45) is 0. The first-order chi connectivity index (χ1) is 10.3. The molecule has 4 nitrogen and oxygen atoms in total. The Morgan fingerprint density at radius 3 is 2.55 bits per heavy atom. The molecule has 1 amide bonds. The molecule has 2 aromatic rings. The number of carbonyl (C=O) groups is 1. The molecular weight excluding hydrogens is 349 g/mol. The van der Waals surface area contributed by atoms with E-state index in [0.717, 1.165) is 0 Å². The van der Waals surface area contributed by atoms with Crippen molar-refractivity contribution in [2.45, 2.75) is 19.4 Å². The molecule has 1 N–H and O–H groups in total. The summed E-state index contributed by atoms with van der Waals surface area (Å²) >= 11 is 3.26. The van der Waals surface area contributed by atoms with E-state index in [1.165, 1.54) is 12.1 Å². The minimum atomic E-state index is -0.969. The topological polar surface area (TPSA) is 65.8 Å². The quantitative estimate of drug-likeness (QED) is 0.847. The number of hydrogen-bond acceptors (Lipinski definition) is 3. The first-order valence-electron chi connectivity index (χ1n) is 6.48. The fourth-order valence-corrected chi connectivity index (χ4v) is 2.22. The van der Waals surface area contributed by atoms with Gasteiger partial charge in [-0.3, -0.25) is 4.79 Å². The van der Waals surface area contributed by atoms with Crippen LogP contribution in [0, 0.1) is 17.1 Å². The lowest BCUT2D eigenvalue weighted by Crippen LogP contribution is -2.42. The Bertz CT molecular complexity index is 751. The fraction of sp³-hybridized carbons (Fsp3) is 0.188. The van der Waals surface area contributed by atoms with Crippen LogP contribution in [0.5, 0.6) is 0 Å². The van der Waals surface area contributed by atoms with Crippen LogP contribution in [0.3, 0.4) is 0 Å². The third-order valence-corrected chi connectivity index (χ3v) is 3.31. The van der Waals surface area contributed by atoms with Gasteiger partial charge in [0, 0.05) is 11.1 Å². The molecule has 0 aliphatic rings. The van der Waals surface area contributed by atoms with E-state index < -0.39 is 5.54 Å². The van der Waals surface area contributed by atoms with Gasteiger partial charge in [0.25, 0.3) is 5.91 Å². The van der Waals surface area contributed by atoms with Crippen molar-refractivity contribution < 1.29 is 9.18 Å². The molecule has 1 aromatic heterocycles. The van der Waals surface area contributed by atoms with E-state index in [0.29, 0.717) is 21.4 Å². The minimum absolute atomic E-state index is 0.340. The van der Waals surface area contributed by atoms with Gasteiger partial charge in [-0.25, -0.2) is 9.37 Å². The summed E-state index contributed by atoms with van der Waals surface area (Å²) in [5.74, 6) is -0.717. The predicted molar refractivity (Wildman–Crippen MR) is 84.5 cm³/mol. The van der Waals surface area contributed by atoms with Gasteiger partial charge in [0.15, 0.2) is 0 Å². The van der Waals surface area contributed by atoms with Crippen molar-refractivity contribution in [1.82, 2.24) is 10.3 Å². The van der Waals surface area contributed by atoms with Crippen molar-refractivity contribution in [1.29, 1.82) is 5.26 Å². The molecule has 0 spiro atoms. The third kappa shape index (κ3) is 3.89. The Morgan fingerprint density at radius 1 is 1.32 bits per heavy atom. The lowest BCUT2D eigenvalue weighted by molar-refractivity contribution is 0.0929. The van der Waals surface area contributed by atoms with Gasteiger partial charge >= 0.3 is 0 Å². The maximum atomic E-state index is 13.0. The van der Waals surface area contributed by atoms with Crippen LogP contribution in [0.15, 0.2) is 41.0 Å². The zero-order chi connectivity index (χ0) is 16.3. The molecule has 0 aliphatic carbocycles. The van der Waals surface area contributed by atoms with E-state index in [9.17, 15) is 9.18 Å². The van der Waals surface area contributed by atoms with Crippen LogP contribution in [0.4, 0.5) is 4.39 Å². The van der Waals surface area contributed by atoms with Gasteiger partial charge in [-0.1, -0.05) is 0 Å². The molecule has 0 radical (unpaired) electrons. The Balaban J connectivity index is 2.37. The normalized spacial score (nSPS) is 10.9. The minimum Gasteiger partial charge on any atom is -0.334 e. The summed E-state index contributed by atoms with van der Waals surface area (Å²) in [4.78, 5) is 16.5. The fourth-order valence-electron chi connectivity index (χ4n) is 1.78. The Hall–Kier alpha value is -2.26. The van der Waals surface area contributed by atoms with Crippen LogP contribution in [0.25, 0.3) is 11.3 Å². The van der Waals surface area contributed by atoms with Crippen LogP contribution < -0.4 is 5.32 Å². The second-order valence-corrected chi connectivity index (χ2v) is 6.07. The van der Waals surface area contributed by atoms with Gasteiger partial charge in [0.05, 0.1) is 11.8 Å². The first kappa shape index (κ1) is 16.1. The van der Waals surface area contributed by atoms with E-state index in [4.69, 9.17) is 5.26 Å². The van der Waals surface area contributed by atoms with E-state index in [1.54, 1.807) is 38.1 Å². The number of hydrogen-bond donors (Lipinski definition) is 1. The largest absolute Gasteiger partial charge is 0.334 e. The number of rotatable bonds is 3. The van der Waals surface area contributed by atoms with E-state index in [-0.39, 0.29) is 11.7 Å². The smallest absolute Gasteiger partial charge is 0.252 e. The van der Waals surface area contributed by atoms with Crippen LogP contribution in [-0.2, 0) is 0 Å². The zero-order valence-electron chi connectivity index (χ0n) is 12.0. The zero-order valence-corrected chi connectivity index (χ0v) is 13.6. The second-order valence-electron chi connectivity index (χ2n) is 5.26. The number of benzene rings is 1. The molecule has 0 atom stereocenters. The molecule has 0 saturated carbocycles. The maximum Gasteiger partial charge on any atom is 0.252 e. The number of amides is 1. The van der Waals surface area contributed by atoms with Gasteiger partial charge in [-0.05, 0) is 66.2 Å². The molecule has 6 heteroatoms. The van der Waals surface area contributed by atoms with Gasteiger partial charge in [-0.2, -0.15) is 5.26 Å².